The summed E-state index contributed by atoms with van der Waals surface area (Å²) in [6.45, 7) is 1.81. The molecule has 29 heavy (non-hydrogen) atoms. The maximum atomic E-state index is 12.5. The first-order chi connectivity index (χ1) is 14.0. The van der Waals surface area contributed by atoms with E-state index in [0.717, 1.165) is 5.01 Å². The summed E-state index contributed by atoms with van der Waals surface area (Å²) in [7, 11) is 3.00. The molecule has 0 radical (unpaired) electrons. The summed E-state index contributed by atoms with van der Waals surface area (Å²) in [5, 5.41) is 22.5. The quantitative estimate of drug-likeness (QED) is 0.391. The molecule has 10 nitrogen and oxygen atoms in total. The fraction of sp³-hybridized carbons (Fsp3) is 0.250. The predicted octanol–water partition coefficient (Wildman–Crippen LogP) is 2.70. The minimum atomic E-state index is -0.387. The lowest BCUT2D eigenvalue weighted by Gasteiger charge is -2.09. The number of carbonyl (C=O) groups is 2. The van der Waals surface area contributed by atoms with Gasteiger partial charge >= 0.3 is 0 Å². The van der Waals surface area contributed by atoms with Crippen LogP contribution in [0.2, 0.25) is 0 Å². The summed E-state index contributed by atoms with van der Waals surface area (Å²) in [4.78, 5) is 24.5. The third kappa shape index (κ3) is 5.62. The molecule has 2 N–H and O–H groups in total. The second-order valence-electron chi connectivity index (χ2n) is 5.36. The van der Waals surface area contributed by atoms with Gasteiger partial charge in [0.25, 0.3) is 5.91 Å². The number of nitrogens with zero attached hydrogens (tertiary/aromatic N) is 4. The topological polar surface area (TPSA) is 128 Å². The van der Waals surface area contributed by atoms with Crippen molar-refractivity contribution >= 4 is 56.5 Å². The third-order valence-electron chi connectivity index (χ3n) is 3.38. The smallest absolute Gasteiger partial charge is 0.261 e. The van der Waals surface area contributed by atoms with Crippen molar-refractivity contribution in [3.05, 3.63) is 28.8 Å². The van der Waals surface area contributed by atoms with Gasteiger partial charge in [0.1, 0.15) is 16.5 Å². The average molecular weight is 453 g/mol. The third-order valence-corrected chi connectivity index (χ3v) is 6.11. The number of aryl methyl sites for hydroxylation is 1. The predicted molar refractivity (Wildman–Crippen MR) is 111 cm³/mol. The molecule has 3 aromatic rings. The number of carbonyl (C=O) groups excluding carboxylic acids is 2. The van der Waals surface area contributed by atoms with Gasteiger partial charge in [0.05, 0.1) is 25.5 Å². The van der Waals surface area contributed by atoms with Crippen LogP contribution in [0.5, 0.6) is 11.5 Å². The minimum absolute atomic E-state index is 0.132. The zero-order chi connectivity index (χ0) is 20.8. The number of hydrogen-bond acceptors (Lipinski definition) is 11. The zero-order valence-corrected chi connectivity index (χ0v) is 18.0. The van der Waals surface area contributed by atoms with Crippen molar-refractivity contribution in [3.8, 4) is 11.5 Å². The molecule has 0 aliphatic carbocycles. The molecule has 1 aromatic carbocycles. The summed E-state index contributed by atoms with van der Waals surface area (Å²) in [5.74, 6) is 0.476. The molecule has 152 valence electrons. The summed E-state index contributed by atoms with van der Waals surface area (Å²) >= 11 is 3.67. The molecular formula is C16H16N6O4S3. The average Bonchev–Trinajstić information content (AvgIpc) is 3.34. The van der Waals surface area contributed by atoms with Crippen molar-refractivity contribution in [2.75, 3.05) is 30.6 Å². The van der Waals surface area contributed by atoms with Crippen LogP contribution in [0.15, 0.2) is 22.5 Å². The van der Waals surface area contributed by atoms with Crippen molar-refractivity contribution < 1.29 is 19.1 Å². The van der Waals surface area contributed by atoms with Gasteiger partial charge in [-0.15, -0.1) is 20.4 Å². The molecule has 0 saturated carbocycles. The van der Waals surface area contributed by atoms with Gasteiger partial charge in [-0.2, -0.15) is 0 Å². The van der Waals surface area contributed by atoms with Crippen molar-refractivity contribution in [1.82, 2.24) is 20.4 Å². The Morgan fingerprint density at radius 2 is 1.79 bits per heavy atom. The minimum Gasteiger partial charge on any atom is -0.497 e. The number of nitrogens with one attached hydrogen (secondary N) is 2. The molecule has 2 amide bonds. The van der Waals surface area contributed by atoms with E-state index in [0.29, 0.717) is 31.7 Å². The fourth-order valence-electron chi connectivity index (χ4n) is 2.10. The first-order valence-electron chi connectivity index (χ1n) is 8.08. The fourth-order valence-corrected chi connectivity index (χ4v) is 4.25. The Balaban J connectivity index is 1.56. The standard InChI is InChI=1S/C16H16N6O4S3/c1-8-19-20-14(28-8)17-12(23)7-27-16-22-21-15(29-16)18-13(24)10-5-4-9(25-2)6-11(10)26-3/h4-6H,7H2,1-3H3,(H,17,20,23)(H,18,21,24). The van der Waals surface area contributed by atoms with Crippen LogP contribution in [0.25, 0.3) is 0 Å². The molecule has 0 aliphatic rings. The number of amides is 2. The molecule has 0 bridgehead atoms. The molecule has 13 heteroatoms. The number of methoxy groups -OCH3 is 2. The van der Waals surface area contributed by atoms with Crippen LogP contribution in [0.4, 0.5) is 10.3 Å². The van der Waals surface area contributed by atoms with Crippen LogP contribution in [0.1, 0.15) is 15.4 Å². The number of aromatic nitrogens is 4. The molecule has 0 saturated heterocycles. The number of anilines is 2. The van der Waals surface area contributed by atoms with Crippen LogP contribution < -0.4 is 20.1 Å². The monoisotopic (exact) mass is 452 g/mol. The van der Waals surface area contributed by atoms with Crippen LogP contribution >= 0.6 is 34.4 Å². The van der Waals surface area contributed by atoms with Gasteiger partial charge in [0.2, 0.25) is 16.2 Å². The summed E-state index contributed by atoms with van der Waals surface area (Å²) in [6, 6.07) is 4.88. The lowest BCUT2D eigenvalue weighted by atomic mass is 10.2. The van der Waals surface area contributed by atoms with Gasteiger partial charge in [0, 0.05) is 6.07 Å². The van der Waals surface area contributed by atoms with Crippen LogP contribution in [-0.2, 0) is 4.79 Å². The number of hydrogen-bond donors (Lipinski definition) is 2. The van der Waals surface area contributed by atoms with Gasteiger partial charge < -0.3 is 9.47 Å². The highest BCUT2D eigenvalue weighted by Crippen LogP contribution is 2.28. The Morgan fingerprint density at radius 1 is 1.03 bits per heavy atom. The first kappa shape index (κ1) is 21.0. The maximum absolute atomic E-state index is 12.5. The summed E-state index contributed by atoms with van der Waals surface area (Å²) in [5.41, 5.74) is 0.337. The SMILES string of the molecule is COc1ccc(C(=O)Nc2nnc(SCC(=O)Nc3nnc(C)s3)s2)c(OC)c1. The van der Waals surface area contributed by atoms with E-state index >= 15 is 0 Å². The van der Waals surface area contributed by atoms with Gasteiger partial charge in [-0.25, -0.2) is 0 Å². The Labute approximate surface area is 178 Å². The molecular weight excluding hydrogens is 436 g/mol. The van der Waals surface area contributed by atoms with Crippen molar-refractivity contribution in [2.45, 2.75) is 11.3 Å². The zero-order valence-electron chi connectivity index (χ0n) is 15.6. The molecule has 2 aromatic heterocycles. The molecule has 0 atom stereocenters. The molecule has 2 heterocycles. The highest BCUT2D eigenvalue weighted by molar-refractivity contribution is 8.01. The molecule has 3 rings (SSSR count). The number of ether oxygens (including phenoxy) is 2. The van der Waals surface area contributed by atoms with E-state index in [1.54, 1.807) is 25.1 Å². The van der Waals surface area contributed by atoms with E-state index in [1.165, 1.54) is 48.7 Å². The first-order valence-corrected chi connectivity index (χ1v) is 10.7. The van der Waals surface area contributed by atoms with Crippen LogP contribution in [0.3, 0.4) is 0 Å². The van der Waals surface area contributed by atoms with E-state index in [9.17, 15) is 9.59 Å². The molecule has 0 aliphatic heterocycles. The number of benzene rings is 1. The van der Waals surface area contributed by atoms with Gasteiger partial charge in [0.15, 0.2) is 4.34 Å². The van der Waals surface area contributed by atoms with Crippen LogP contribution in [0, 0.1) is 6.92 Å². The highest BCUT2D eigenvalue weighted by Gasteiger charge is 2.16. The van der Waals surface area contributed by atoms with Gasteiger partial charge in [-0.1, -0.05) is 34.4 Å². The van der Waals surface area contributed by atoms with E-state index < -0.39 is 0 Å². The Hall–Kier alpha value is -2.77. The summed E-state index contributed by atoms with van der Waals surface area (Å²) < 4.78 is 10.9. The maximum Gasteiger partial charge on any atom is 0.261 e. The highest BCUT2D eigenvalue weighted by atomic mass is 32.2. The van der Waals surface area contributed by atoms with E-state index in [2.05, 4.69) is 31.0 Å². The Bertz CT molecular complexity index is 1020. The largest absolute Gasteiger partial charge is 0.497 e. The Kier molecular flexibility index (Phi) is 6.95. The van der Waals surface area contributed by atoms with Crippen molar-refractivity contribution in [2.24, 2.45) is 0 Å². The lowest BCUT2D eigenvalue weighted by molar-refractivity contribution is -0.113. The van der Waals surface area contributed by atoms with E-state index in [4.69, 9.17) is 9.47 Å². The second-order valence-corrected chi connectivity index (χ2v) is 8.74. The number of rotatable bonds is 8. The van der Waals surface area contributed by atoms with Crippen molar-refractivity contribution in [1.29, 1.82) is 0 Å². The normalized spacial score (nSPS) is 10.4. The lowest BCUT2D eigenvalue weighted by Crippen LogP contribution is -2.13. The van der Waals surface area contributed by atoms with Gasteiger partial charge in [-0.3, -0.25) is 20.2 Å². The van der Waals surface area contributed by atoms with Crippen molar-refractivity contribution in [3.63, 3.8) is 0 Å². The molecule has 0 fully saturated rings. The van der Waals surface area contributed by atoms with E-state index in [-0.39, 0.29) is 17.6 Å². The number of thioether (sulfide) groups is 1. The van der Waals surface area contributed by atoms with E-state index in [1.807, 2.05) is 0 Å². The summed E-state index contributed by atoms with van der Waals surface area (Å²) in [6.07, 6.45) is 0. The molecule has 0 unspecified atom stereocenters. The van der Waals surface area contributed by atoms with Crippen LogP contribution in [-0.4, -0.2) is 52.2 Å². The second kappa shape index (κ2) is 9.62. The van der Waals surface area contributed by atoms with Gasteiger partial charge in [-0.05, 0) is 19.1 Å². The Morgan fingerprint density at radius 3 is 2.48 bits per heavy atom. The molecule has 0 spiro atoms.